The molecule has 0 saturated heterocycles. The fourth-order valence-corrected chi connectivity index (χ4v) is 2.95. The molecule has 1 unspecified atom stereocenters. The molecule has 5 nitrogen and oxygen atoms in total. The molecule has 0 aliphatic heterocycles. The molecule has 0 radical (unpaired) electrons. The van der Waals surface area contributed by atoms with Crippen molar-refractivity contribution in [1.82, 2.24) is 10.0 Å². The molecule has 0 aromatic heterocycles. The molecule has 0 bridgehead atoms. The molecule has 6 heteroatoms. The number of hydrogen-bond donors (Lipinski definition) is 2. The lowest BCUT2D eigenvalue weighted by Gasteiger charge is -2.12. The number of carbonyl (C=O) groups excluding carboxylic acids is 1. The second-order valence-corrected chi connectivity index (χ2v) is 7.25. The van der Waals surface area contributed by atoms with Gasteiger partial charge in [-0.05, 0) is 37.3 Å². The fourth-order valence-electron chi connectivity index (χ4n) is 2.13. The maximum absolute atomic E-state index is 11.8. The summed E-state index contributed by atoms with van der Waals surface area (Å²) in [4.78, 5) is 11.7. The number of sulfonamides is 1. The molecule has 1 aromatic rings. The number of benzene rings is 1. The highest BCUT2D eigenvalue weighted by Gasteiger charge is 2.28. The molecular formula is C16H22N2O3S. The summed E-state index contributed by atoms with van der Waals surface area (Å²) in [5.41, 5.74) is 0.809. The molecule has 0 heterocycles. The van der Waals surface area contributed by atoms with E-state index in [2.05, 4.69) is 10.0 Å². The Bertz CT molecular complexity index is 622. The summed E-state index contributed by atoms with van der Waals surface area (Å²) in [5, 5.41) is 4.01. The summed E-state index contributed by atoms with van der Waals surface area (Å²) in [6, 6.07) is 9.36. The smallest absolute Gasteiger partial charge is 0.233 e. The van der Waals surface area contributed by atoms with E-state index in [4.69, 9.17) is 0 Å². The number of amides is 1. The lowest BCUT2D eigenvalue weighted by Crippen LogP contribution is -2.36. The predicted molar refractivity (Wildman–Crippen MR) is 87.3 cm³/mol. The lowest BCUT2D eigenvalue weighted by molar-refractivity contribution is -0.121. The van der Waals surface area contributed by atoms with Crippen LogP contribution in [0.3, 0.4) is 0 Å². The number of hydrogen-bond acceptors (Lipinski definition) is 3. The zero-order valence-corrected chi connectivity index (χ0v) is 13.5. The van der Waals surface area contributed by atoms with Gasteiger partial charge in [-0.25, -0.2) is 13.1 Å². The van der Waals surface area contributed by atoms with E-state index in [1.54, 1.807) is 0 Å². The Labute approximate surface area is 131 Å². The Balaban J connectivity index is 1.72. The first-order valence-corrected chi connectivity index (χ1v) is 9.03. The molecule has 1 saturated carbocycles. The Kier molecular flexibility index (Phi) is 5.74. The Morgan fingerprint density at radius 2 is 2.00 bits per heavy atom. The summed E-state index contributed by atoms with van der Waals surface area (Å²) in [7, 11) is -3.52. The summed E-state index contributed by atoms with van der Waals surface area (Å²) >= 11 is 0. The molecule has 1 fully saturated rings. The van der Waals surface area contributed by atoms with Crippen molar-refractivity contribution in [2.45, 2.75) is 32.2 Å². The van der Waals surface area contributed by atoms with Crippen molar-refractivity contribution in [2.75, 3.05) is 6.54 Å². The van der Waals surface area contributed by atoms with Crippen molar-refractivity contribution in [3.05, 3.63) is 41.3 Å². The maximum atomic E-state index is 11.8. The van der Waals surface area contributed by atoms with Crippen molar-refractivity contribution in [2.24, 2.45) is 5.92 Å². The van der Waals surface area contributed by atoms with Gasteiger partial charge in [-0.2, -0.15) is 0 Å². The highest BCUT2D eigenvalue weighted by Crippen LogP contribution is 2.32. The van der Waals surface area contributed by atoms with Crippen LogP contribution in [-0.4, -0.2) is 26.9 Å². The van der Waals surface area contributed by atoms with Crippen molar-refractivity contribution >= 4 is 22.0 Å². The van der Waals surface area contributed by atoms with E-state index in [-0.39, 0.29) is 24.9 Å². The molecule has 0 spiro atoms. The molecule has 1 amide bonds. The molecule has 1 aliphatic rings. The topological polar surface area (TPSA) is 75.3 Å². The zero-order valence-electron chi connectivity index (χ0n) is 12.7. The van der Waals surface area contributed by atoms with Gasteiger partial charge in [-0.3, -0.25) is 4.79 Å². The molecule has 2 N–H and O–H groups in total. The second-order valence-electron chi connectivity index (χ2n) is 5.60. The van der Waals surface area contributed by atoms with Gasteiger partial charge in [0, 0.05) is 24.4 Å². The van der Waals surface area contributed by atoms with E-state index in [0.717, 1.165) is 11.0 Å². The van der Waals surface area contributed by atoms with Crippen molar-refractivity contribution in [1.29, 1.82) is 0 Å². The summed E-state index contributed by atoms with van der Waals surface area (Å²) in [5.74, 6) is 0.476. The van der Waals surface area contributed by atoms with Crippen LogP contribution in [0.1, 0.15) is 31.7 Å². The van der Waals surface area contributed by atoms with Crippen LogP contribution < -0.4 is 10.0 Å². The molecule has 1 aliphatic carbocycles. The van der Waals surface area contributed by atoms with Crippen LogP contribution in [0.4, 0.5) is 0 Å². The van der Waals surface area contributed by atoms with Crippen LogP contribution in [0.15, 0.2) is 35.7 Å². The Morgan fingerprint density at radius 3 is 2.64 bits per heavy atom. The normalized spacial score (nSPS) is 16.6. The molecule has 120 valence electrons. The first-order chi connectivity index (χ1) is 10.5. The predicted octanol–water partition coefficient (Wildman–Crippen LogP) is 1.88. The summed E-state index contributed by atoms with van der Waals surface area (Å²) < 4.78 is 26.0. The first kappa shape index (κ1) is 16.7. The Hall–Kier alpha value is -1.66. The number of rotatable bonds is 8. The quantitative estimate of drug-likeness (QED) is 0.767. The molecule has 1 atom stereocenters. The average molecular weight is 322 g/mol. The van der Waals surface area contributed by atoms with E-state index >= 15 is 0 Å². The van der Waals surface area contributed by atoms with Gasteiger partial charge < -0.3 is 5.32 Å². The fraction of sp³-hybridized carbons (Fsp3) is 0.438. The van der Waals surface area contributed by atoms with Crippen molar-refractivity contribution < 1.29 is 13.2 Å². The SMILES string of the molecule is CC(NC(=O)CCNS(=O)(=O)/C=C/c1ccccc1)C1CC1. The maximum Gasteiger partial charge on any atom is 0.233 e. The van der Waals surface area contributed by atoms with Crippen LogP contribution >= 0.6 is 0 Å². The van der Waals surface area contributed by atoms with Gasteiger partial charge in [0.2, 0.25) is 15.9 Å². The van der Waals surface area contributed by atoms with Crippen molar-refractivity contribution in [3.63, 3.8) is 0 Å². The monoisotopic (exact) mass is 322 g/mol. The van der Waals surface area contributed by atoms with Gasteiger partial charge in [0.1, 0.15) is 0 Å². The second kappa shape index (κ2) is 7.56. The van der Waals surface area contributed by atoms with Gasteiger partial charge in [-0.1, -0.05) is 30.3 Å². The standard InChI is InChI=1S/C16H22N2O3S/c1-13(15-7-8-15)18-16(19)9-11-17-22(20,21)12-10-14-5-3-2-4-6-14/h2-6,10,12-13,15,17H,7-9,11H2,1H3,(H,18,19)/b12-10+. The van der Waals surface area contributed by atoms with E-state index in [1.807, 2.05) is 37.3 Å². The van der Waals surface area contributed by atoms with E-state index in [1.165, 1.54) is 18.9 Å². The minimum atomic E-state index is -3.52. The van der Waals surface area contributed by atoms with Crippen LogP contribution in [0, 0.1) is 5.92 Å². The summed E-state index contributed by atoms with van der Waals surface area (Å²) in [6.07, 6.45) is 4.00. The van der Waals surface area contributed by atoms with E-state index < -0.39 is 10.0 Å². The van der Waals surface area contributed by atoms with Crippen molar-refractivity contribution in [3.8, 4) is 0 Å². The number of carbonyl (C=O) groups is 1. The van der Waals surface area contributed by atoms with Gasteiger partial charge in [0.05, 0.1) is 0 Å². The third-order valence-corrected chi connectivity index (χ3v) is 4.71. The third-order valence-electron chi connectivity index (χ3n) is 3.61. The summed E-state index contributed by atoms with van der Waals surface area (Å²) in [6.45, 7) is 2.09. The van der Waals surface area contributed by atoms with Gasteiger partial charge in [0.15, 0.2) is 0 Å². The lowest BCUT2D eigenvalue weighted by atomic mass is 10.2. The highest BCUT2D eigenvalue weighted by atomic mass is 32.2. The van der Waals surface area contributed by atoms with Crippen LogP contribution in [0.5, 0.6) is 0 Å². The third kappa shape index (κ3) is 5.99. The minimum absolute atomic E-state index is 0.102. The largest absolute Gasteiger partial charge is 0.353 e. The molecular weight excluding hydrogens is 300 g/mol. The minimum Gasteiger partial charge on any atom is -0.353 e. The van der Waals surface area contributed by atoms with Gasteiger partial charge in [-0.15, -0.1) is 0 Å². The van der Waals surface area contributed by atoms with E-state index in [0.29, 0.717) is 5.92 Å². The Morgan fingerprint density at radius 1 is 1.32 bits per heavy atom. The molecule has 1 aromatic carbocycles. The molecule has 2 rings (SSSR count). The van der Waals surface area contributed by atoms with Crippen LogP contribution in [-0.2, 0) is 14.8 Å². The van der Waals surface area contributed by atoms with Gasteiger partial charge >= 0.3 is 0 Å². The molecule has 22 heavy (non-hydrogen) atoms. The van der Waals surface area contributed by atoms with E-state index in [9.17, 15) is 13.2 Å². The first-order valence-electron chi connectivity index (χ1n) is 7.48. The van der Waals surface area contributed by atoms with Crippen LogP contribution in [0.25, 0.3) is 6.08 Å². The number of nitrogens with one attached hydrogen (secondary N) is 2. The highest BCUT2D eigenvalue weighted by molar-refractivity contribution is 7.92. The van der Waals surface area contributed by atoms with Gasteiger partial charge in [0.25, 0.3) is 0 Å². The average Bonchev–Trinajstić information content (AvgIpc) is 3.31. The zero-order chi connectivity index (χ0) is 16.0. The van der Waals surface area contributed by atoms with Crippen LogP contribution in [0.2, 0.25) is 0 Å².